The van der Waals surface area contributed by atoms with Gasteiger partial charge in [0.1, 0.15) is 0 Å². The predicted molar refractivity (Wildman–Crippen MR) is 71.4 cm³/mol. The maximum Gasteiger partial charge on any atom is 0.0848 e. The highest BCUT2D eigenvalue weighted by atomic mass is 35.5. The van der Waals surface area contributed by atoms with Crippen molar-refractivity contribution in [2.75, 3.05) is 0 Å². The number of hydrogen-bond donors (Lipinski definition) is 1. The Bertz CT molecular complexity index is 387. The van der Waals surface area contributed by atoms with Gasteiger partial charge in [-0.3, -0.25) is 4.68 Å². The van der Waals surface area contributed by atoms with E-state index in [1.54, 1.807) is 0 Å². The van der Waals surface area contributed by atoms with Crippen LogP contribution in [-0.4, -0.2) is 20.5 Å². The number of aromatic nitrogens is 2. The quantitative estimate of drug-likeness (QED) is 0.881. The van der Waals surface area contributed by atoms with Crippen molar-refractivity contribution in [2.45, 2.75) is 59.6 Å². The van der Waals surface area contributed by atoms with E-state index in [4.69, 9.17) is 11.6 Å². The molecule has 0 aliphatic rings. The Hall–Kier alpha value is -0.540. The molecular formula is C13H23ClN2O. The van der Waals surface area contributed by atoms with Crippen molar-refractivity contribution >= 4 is 11.6 Å². The van der Waals surface area contributed by atoms with Crippen LogP contribution in [0.5, 0.6) is 0 Å². The molecule has 0 radical (unpaired) electrons. The summed E-state index contributed by atoms with van der Waals surface area (Å²) in [7, 11) is 0. The van der Waals surface area contributed by atoms with Gasteiger partial charge in [0, 0.05) is 13.0 Å². The number of rotatable bonds is 5. The third-order valence-corrected chi connectivity index (χ3v) is 4.10. The second-order valence-electron chi connectivity index (χ2n) is 4.95. The van der Waals surface area contributed by atoms with E-state index in [2.05, 4.69) is 5.10 Å². The number of hydrogen-bond acceptors (Lipinski definition) is 2. The Morgan fingerprint density at radius 3 is 2.41 bits per heavy atom. The minimum Gasteiger partial charge on any atom is -0.389 e. The van der Waals surface area contributed by atoms with Crippen molar-refractivity contribution in [3.63, 3.8) is 0 Å². The molecule has 1 atom stereocenters. The third kappa shape index (κ3) is 2.83. The van der Waals surface area contributed by atoms with Crippen LogP contribution in [0.1, 0.15) is 45.5 Å². The topological polar surface area (TPSA) is 38.0 Å². The highest BCUT2D eigenvalue weighted by Crippen LogP contribution is 2.30. The van der Waals surface area contributed by atoms with Crippen LogP contribution in [0.25, 0.3) is 0 Å². The Labute approximate surface area is 109 Å². The van der Waals surface area contributed by atoms with E-state index in [9.17, 15) is 5.11 Å². The van der Waals surface area contributed by atoms with Gasteiger partial charge in [0.25, 0.3) is 0 Å². The highest BCUT2D eigenvalue weighted by Gasteiger charge is 2.31. The van der Waals surface area contributed by atoms with Gasteiger partial charge < -0.3 is 5.11 Å². The van der Waals surface area contributed by atoms with Crippen molar-refractivity contribution in [1.82, 2.24) is 9.78 Å². The zero-order chi connectivity index (χ0) is 13.2. The van der Waals surface area contributed by atoms with Gasteiger partial charge in [0.05, 0.1) is 22.0 Å². The van der Waals surface area contributed by atoms with E-state index in [1.807, 2.05) is 39.3 Å². The van der Waals surface area contributed by atoms with Crippen molar-refractivity contribution in [1.29, 1.82) is 0 Å². The molecule has 98 valence electrons. The summed E-state index contributed by atoms with van der Waals surface area (Å²) in [5.41, 5.74) is 1.08. The number of aryl methyl sites for hydroxylation is 2. The van der Waals surface area contributed by atoms with Crippen LogP contribution < -0.4 is 0 Å². The summed E-state index contributed by atoms with van der Waals surface area (Å²) in [4.78, 5) is 0. The molecule has 1 unspecified atom stereocenters. The lowest BCUT2D eigenvalue weighted by Crippen LogP contribution is -2.37. The van der Waals surface area contributed by atoms with Gasteiger partial charge in [0.2, 0.25) is 0 Å². The summed E-state index contributed by atoms with van der Waals surface area (Å²) < 4.78 is 1.89. The van der Waals surface area contributed by atoms with Crippen LogP contribution >= 0.6 is 11.6 Å². The maximum absolute atomic E-state index is 10.6. The minimum atomic E-state index is -0.705. The van der Waals surface area contributed by atoms with Crippen LogP contribution in [0.15, 0.2) is 0 Å². The molecule has 3 nitrogen and oxygen atoms in total. The summed E-state index contributed by atoms with van der Waals surface area (Å²) in [5, 5.41) is 15.7. The molecule has 4 heteroatoms. The van der Waals surface area contributed by atoms with Gasteiger partial charge in [-0.15, -0.1) is 0 Å². The van der Waals surface area contributed by atoms with Gasteiger partial charge in [0.15, 0.2) is 0 Å². The maximum atomic E-state index is 10.6. The van der Waals surface area contributed by atoms with Crippen LogP contribution in [0.4, 0.5) is 0 Å². The molecule has 1 N–H and O–H groups in total. The lowest BCUT2D eigenvalue weighted by Gasteiger charge is -2.31. The molecule has 0 saturated heterocycles. The normalized spacial score (nSPS) is 15.3. The zero-order valence-electron chi connectivity index (χ0n) is 11.4. The summed E-state index contributed by atoms with van der Waals surface area (Å²) >= 11 is 6.27. The Morgan fingerprint density at radius 2 is 2.00 bits per heavy atom. The molecule has 0 amide bonds. The molecule has 0 saturated carbocycles. The van der Waals surface area contributed by atoms with Crippen molar-refractivity contribution in [3.8, 4) is 0 Å². The van der Waals surface area contributed by atoms with Gasteiger partial charge in [-0.25, -0.2) is 0 Å². The molecule has 1 aromatic heterocycles. The number of aliphatic hydroxyl groups is 1. The first kappa shape index (κ1) is 14.5. The van der Waals surface area contributed by atoms with Crippen LogP contribution in [0.2, 0.25) is 5.02 Å². The lowest BCUT2D eigenvalue weighted by molar-refractivity contribution is -0.00994. The van der Waals surface area contributed by atoms with Crippen LogP contribution in [0, 0.1) is 12.8 Å². The number of halogens is 1. The second kappa shape index (κ2) is 5.40. The molecule has 17 heavy (non-hydrogen) atoms. The first-order valence-corrected chi connectivity index (χ1v) is 6.67. The molecule has 0 bridgehead atoms. The largest absolute Gasteiger partial charge is 0.389 e. The van der Waals surface area contributed by atoms with E-state index in [0.717, 1.165) is 24.4 Å². The Balaban J connectivity index is 3.09. The highest BCUT2D eigenvalue weighted by molar-refractivity contribution is 6.31. The molecule has 0 spiro atoms. The SMILES string of the molecule is CCn1nc(C)c(Cl)c1CC(O)(CC)C(C)C. The van der Waals surface area contributed by atoms with Gasteiger partial charge >= 0.3 is 0 Å². The van der Waals surface area contributed by atoms with Crippen LogP contribution in [0.3, 0.4) is 0 Å². The fourth-order valence-corrected chi connectivity index (χ4v) is 2.27. The zero-order valence-corrected chi connectivity index (χ0v) is 12.2. The van der Waals surface area contributed by atoms with Crippen LogP contribution in [-0.2, 0) is 13.0 Å². The fraction of sp³-hybridized carbons (Fsp3) is 0.769. The molecule has 1 aromatic rings. The molecule has 0 aliphatic heterocycles. The average molecular weight is 259 g/mol. The molecule has 0 aliphatic carbocycles. The standard InChI is InChI=1S/C13H23ClN2O/c1-6-13(17,9(3)4)8-11-12(14)10(5)15-16(11)7-2/h9,17H,6-8H2,1-5H3. The smallest absolute Gasteiger partial charge is 0.0848 e. The van der Waals surface area contributed by atoms with Crippen molar-refractivity contribution in [2.24, 2.45) is 5.92 Å². The first-order valence-electron chi connectivity index (χ1n) is 6.29. The molecule has 1 heterocycles. The summed E-state index contributed by atoms with van der Waals surface area (Å²) in [6.45, 7) is 10.8. The van der Waals surface area contributed by atoms with Gasteiger partial charge in [-0.2, -0.15) is 5.10 Å². The summed E-state index contributed by atoms with van der Waals surface area (Å²) in [6, 6.07) is 0. The van der Waals surface area contributed by atoms with Gasteiger partial charge in [-0.05, 0) is 26.2 Å². The van der Waals surface area contributed by atoms with Gasteiger partial charge in [-0.1, -0.05) is 32.4 Å². The van der Waals surface area contributed by atoms with E-state index in [0.29, 0.717) is 11.4 Å². The van der Waals surface area contributed by atoms with E-state index in [-0.39, 0.29) is 5.92 Å². The van der Waals surface area contributed by atoms with E-state index in [1.165, 1.54) is 0 Å². The Morgan fingerprint density at radius 1 is 1.41 bits per heavy atom. The summed E-state index contributed by atoms with van der Waals surface area (Å²) in [6.07, 6.45) is 1.28. The predicted octanol–water partition coefficient (Wildman–Crippen LogP) is 3.20. The number of nitrogens with zero attached hydrogens (tertiary/aromatic N) is 2. The third-order valence-electron chi connectivity index (χ3n) is 3.61. The molecule has 0 fully saturated rings. The van der Waals surface area contributed by atoms with E-state index >= 15 is 0 Å². The molecular weight excluding hydrogens is 236 g/mol. The van der Waals surface area contributed by atoms with Crippen molar-refractivity contribution < 1.29 is 5.11 Å². The second-order valence-corrected chi connectivity index (χ2v) is 5.33. The Kier molecular flexibility index (Phi) is 4.62. The minimum absolute atomic E-state index is 0.198. The molecule has 0 aromatic carbocycles. The fourth-order valence-electron chi connectivity index (χ4n) is 2.07. The van der Waals surface area contributed by atoms with E-state index < -0.39 is 5.60 Å². The first-order chi connectivity index (χ1) is 7.85. The summed E-state index contributed by atoms with van der Waals surface area (Å²) in [5.74, 6) is 0.198. The van der Waals surface area contributed by atoms with Crippen molar-refractivity contribution in [3.05, 3.63) is 16.4 Å². The average Bonchev–Trinajstić information content (AvgIpc) is 2.56. The monoisotopic (exact) mass is 258 g/mol. The lowest BCUT2D eigenvalue weighted by atomic mass is 9.83. The molecule has 1 rings (SSSR count).